The van der Waals surface area contributed by atoms with E-state index in [-0.39, 0.29) is 12.0 Å². The SMILES string of the molecule is NC(=O)CC(O)C(O)c1ccc(C(=O)O)cc1. The Labute approximate surface area is 97.3 Å². The van der Waals surface area contributed by atoms with Crippen LogP contribution in [-0.4, -0.2) is 33.3 Å². The van der Waals surface area contributed by atoms with Crippen molar-refractivity contribution in [2.75, 3.05) is 0 Å². The van der Waals surface area contributed by atoms with E-state index in [1.807, 2.05) is 0 Å². The predicted octanol–water partition coefficient (Wildman–Crippen LogP) is -0.346. The van der Waals surface area contributed by atoms with Crippen molar-refractivity contribution in [3.63, 3.8) is 0 Å². The maximum absolute atomic E-state index is 10.6. The Balaban J connectivity index is 2.78. The lowest BCUT2D eigenvalue weighted by Gasteiger charge is -2.16. The van der Waals surface area contributed by atoms with Gasteiger partial charge in [0.1, 0.15) is 6.10 Å². The Morgan fingerprint density at radius 1 is 1.18 bits per heavy atom. The van der Waals surface area contributed by atoms with Gasteiger partial charge in [-0.3, -0.25) is 4.79 Å². The van der Waals surface area contributed by atoms with Crippen LogP contribution in [0.15, 0.2) is 24.3 Å². The number of benzene rings is 1. The number of nitrogens with two attached hydrogens (primary N) is 1. The maximum Gasteiger partial charge on any atom is 0.335 e. The number of carboxylic acid groups (broad SMARTS) is 1. The zero-order valence-electron chi connectivity index (χ0n) is 8.91. The highest BCUT2D eigenvalue weighted by Gasteiger charge is 2.20. The second-order valence-electron chi connectivity index (χ2n) is 3.61. The van der Waals surface area contributed by atoms with Crippen molar-refractivity contribution < 1.29 is 24.9 Å². The van der Waals surface area contributed by atoms with Gasteiger partial charge in [0.25, 0.3) is 0 Å². The van der Waals surface area contributed by atoms with Crippen LogP contribution < -0.4 is 5.73 Å². The van der Waals surface area contributed by atoms with E-state index in [0.29, 0.717) is 5.56 Å². The molecule has 0 fully saturated rings. The first-order chi connectivity index (χ1) is 7.91. The van der Waals surface area contributed by atoms with E-state index < -0.39 is 24.1 Å². The number of amides is 1. The highest BCUT2D eigenvalue weighted by Crippen LogP contribution is 2.19. The lowest BCUT2D eigenvalue weighted by Crippen LogP contribution is -2.25. The van der Waals surface area contributed by atoms with Crippen molar-refractivity contribution in [1.82, 2.24) is 0 Å². The fourth-order valence-corrected chi connectivity index (χ4v) is 1.36. The summed E-state index contributed by atoms with van der Waals surface area (Å²) in [6.07, 6.45) is -2.93. The molecule has 0 aromatic heterocycles. The summed E-state index contributed by atoms with van der Waals surface area (Å²) in [5.41, 5.74) is 5.28. The summed E-state index contributed by atoms with van der Waals surface area (Å²) in [7, 11) is 0. The number of carboxylic acids is 1. The quantitative estimate of drug-likeness (QED) is 0.559. The molecule has 17 heavy (non-hydrogen) atoms. The van der Waals surface area contributed by atoms with E-state index in [0.717, 1.165) is 0 Å². The Hall–Kier alpha value is -1.92. The predicted molar refractivity (Wildman–Crippen MR) is 58.2 cm³/mol. The van der Waals surface area contributed by atoms with Crippen molar-refractivity contribution in [2.24, 2.45) is 5.73 Å². The second kappa shape index (κ2) is 5.42. The minimum Gasteiger partial charge on any atom is -0.478 e. The Morgan fingerprint density at radius 2 is 1.71 bits per heavy atom. The van der Waals surface area contributed by atoms with Gasteiger partial charge in [0, 0.05) is 0 Å². The molecule has 0 aliphatic heterocycles. The monoisotopic (exact) mass is 239 g/mol. The van der Waals surface area contributed by atoms with Crippen LogP contribution in [0.25, 0.3) is 0 Å². The van der Waals surface area contributed by atoms with E-state index in [1.165, 1.54) is 24.3 Å². The average Bonchev–Trinajstić information content (AvgIpc) is 2.27. The number of aliphatic hydroxyl groups excluding tert-OH is 2. The molecule has 1 amide bonds. The van der Waals surface area contributed by atoms with Crippen molar-refractivity contribution in [1.29, 1.82) is 0 Å². The molecule has 0 aliphatic rings. The van der Waals surface area contributed by atoms with Crippen molar-refractivity contribution in [2.45, 2.75) is 18.6 Å². The minimum atomic E-state index is -1.30. The largest absolute Gasteiger partial charge is 0.478 e. The van der Waals surface area contributed by atoms with Crippen LogP contribution in [-0.2, 0) is 4.79 Å². The summed E-state index contributed by atoms with van der Waals surface area (Å²) in [5.74, 6) is -1.80. The molecule has 0 bridgehead atoms. The van der Waals surface area contributed by atoms with Gasteiger partial charge in [-0.05, 0) is 17.7 Å². The number of aliphatic hydroxyl groups is 2. The summed E-state index contributed by atoms with van der Waals surface area (Å²) in [5, 5.41) is 27.8. The summed E-state index contributed by atoms with van der Waals surface area (Å²) >= 11 is 0. The number of carbonyl (C=O) groups is 2. The third-order valence-electron chi connectivity index (χ3n) is 2.27. The topological polar surface area (TPSA) is 121 Å². The Morgan fingerprint density at radius 3 is 2.12 bits per heavy atom. The molecular weight excluding hydrogens is 226 g/mol. The Kier molecular flexibility index (Phi) is 4.19. The standard InChI is InChI=1S/C11H13NO5/c12-9(14)5-8(13)10(15)6-1-3-7(4-2-6)11(16)17/h1-4,8,10,13,15H,5H2,(H2,12,14)(H,16,17). The normalized spacial score (nSPS) is 14.0. The lowest BCUT2D eigenvalue weighted by atomic mass is 10.0. The van der Waals surface area contributed by atoms with E-state index in [2.05, 4.69) is 0 Å². The summed E-state index contributed by atoms with van der Waals surface area (Å²) < 4.78 is 0. The number of carbonyl (C=O) groups excluding carboxylic acids is 1. The highest BCUT2D eigenvalue weighted by atomic mass is 16.4. The molecule has 0 aliphatic carbocycles. The van der Waals surface area contributed by atoms with Crippen LogP contribution in [0.1, 0.15) is 28.4 Å². The van der Waals surface area contributed by atoms with Crippen LogP contribution in [0.3, 0.4) is 0 Å². The zero-order valence-corrected chi connectivity index (χ0v) is 8.91. The molecule has 6 nitrogen and oxygen atoms in total. The fraction of sp³-hybridized carbons (Fsp3) is 0.273. The van der Waals surface area contributed by atoms with Gasteiger partial charge < -0.3 is 21.1 Å². The third-order valence-corrected chi connectivity index (χ3v) is 2.27. The molecular formula is C11H13NO5. The molecule has 2 atom stereocenters. The number of hydrogen-bond acceptors (Lipinski definition) is 4. The summed E-state index contributed by atoms with van der Waals surface area (Å²) in [6, 6.07) is 5.35. The molecule has 0 saturated heterocycles. The third kappa shape index (κ3) is 3.54. The summed E-state index contributed by atoms with van der Waals surface area (Å²) in [6.45, 7) is 0. The molecule has 0 radical (unpaired) electrons. The first-order valence-electron chi connectivity index (χ1n) is 4.89. The van der Waals surface area contributed by atoms with Gasteiger partial charge in [-0.2, -0.15) is 0 Å². The van der Waals surface area contributed by atoms with Crippen LogP contribution >= 0.6 is 0 Å². The van der Waals surface area contributed by atoms with E-state index >= 15 is 0 Å². The highest BCUT2D eigenvalue weighted by molar-refractivity contribution is 5.87. The van der Waals surface area contributed by atoms with E-state index in [1.54, 1.807) is 0 Å². The molecule has 2 unspecified atom stereocenters. The van der Waals surface area contributed by atoms with Crippen LogP contribution in [0.4, 0.5) is 0 Å². The minimum absolute atomic E-state index is 0.0744. The first kappa shape index (κ1) is 13.1. The van der Waals surface area contributed by atoms with Gasteiger partial charge >= 0.3 is 5.97 Å². The second-order valence-corrected chi connectivity index (χ2v) is 3.61. The van der Waals surface area contributed by atoms with Crippen LogP contribution in [0, 0.1) is 0 Å². The fourth-order valence-electron chi connectivity index (χ4n) is 1.36. The van der Waals surface area contributed by atoms with Gasteiger partial charge in [0.05, 0.1) is 18.1 Å². The molecule has 0 spiro atoms. The number of aromatic carboxylic acids is 1. The van der Waals surface area contributed by atoms with Gasteiger partial charge in [-0.25, -0.2) is 4.79 Å². The molecule has 1 rings (SSSR count). The zero-order chi connectivity index (χ0) is 13.0. The van der Waals surface area contributed by atoms with E-state index in [4.69, 9.17) is 10.8 Å². The molecule has 1 aromatic rings. The molecule has 6 heteroatoms. The van der Waals surface area contributed by atoms with Gasteiger partial charge in [-0.1, -0.05) is 12.1 Å². The number of hydrogen-bond donors (Lipinski definition) is 4. The lowest BCUT2D eigenvalue weighted by molar-refractivity contribution is -0.121. The molecule has 0 saturated carbocycles. The molecule has 1 aromatic carbocycles. The smallest absolute Gasteiger partial charge is 0.335 e. The van der Waals surface area contributed by atoms with Crippen molar-refractivity contribution in [3.05, 3.63) is 35.4 Å². The van der Waals surface area contributed by atoms with Crippen LogP contribution in [0.5, 0.6) is 0 Å². The van der Waals surface area contributed by atoms with Gasteiger partial charge in [-0.15, -0.1) is 0 Å². The van der Waals surface area contributed by atoms with E-state index in [9.17, 15) is 19.8 Å². The average molecular weight is 239 g/mol. The van der Waals surface area contributed by atoms with Gasteiger partial charge in [0.15, 0.2) is 0 Å². The summed E-state index contributed by atoms with van der Waals surface area (Å²) in [4.78, 5) is 21.2. The molecule has 92 valence electrons. The van der Waals surface area contributed by atoms with Crippen LogP contribution in [0.2, 0.25) is 0 Å². The number of primary amides is 1. The molecule has 0 heterocycles. The number of rotatable bonds is 5. The van der Waals surface area contributed by atoms with Gasteiger partial charge in [0.2, 0.25) is 5.91 Å². The maximum atomic E-state index is 10.6. The van der Waals surface area contributed by atoms with Crippen molar-refractivity contribution in [3.8, 4) is 0 Å². The van der Waals surface area contributed by atoms with Crippen molar-refractivity contribution >= 4 is 11.9 Å². The molecule has 5 N–H and O–H groups in total. The first-order valence-corrected chi connectivity index (χ1v) is 4.89. The Bertz CT molecular complexity index is 414.